The third kappa shape index (κ3) is 4.14. The summed E-state index contributed by atoms with van der Waals surface area (Å²) in [5, 5.41) is 3.28. The summed E-state index contributed by atoms with van der Waals surface area (Å²) < 4.78 is 36.8. The van der Waals surface area contributed by atoms with Crippen LogP contribution in [0.5, 0.6) is 0 Å². The SMILES string of the molecule is CC1NCCN(C(=O)c2ccc(SC(F)(F)F)cc2)C1C. The summed E-state index contributed by atoms with van der Waals surface area (Å²) in [5.74, 6) is -0.139. The molecule has 0 aromatic heterocycles. The summed E-state index contributed by atoms with van der Waals surface area (Å²) in [4.78, 5) is 14.3. The maximum absolute atomic E-state index is 12.4. The second kappa shape index (κ2) is 6.27. The van der Waals surface area contributed by atoms with Crippen LogP contribution in [0.15, 0.2) is 29.2 Å². The summed E-state index contributed by atoms with van der Waals surface area (Å²) in [6.07, 6.45) is 0. The molecule has 1 aliphatic heterocycles. The van der Waals surface area contributed by atoms with Gasteiger partial charge in [0.2, 0.25) is 0 Å². The van der Waals surface area contributed by atoms with E-state index in [9.17, 15) is 18.0 Å². The number of nitrogens with zero attached hydrogens (tertiary/aromatic N) is 1. The fourth-order valence-electron chi connectivity index (χ4n) is 2.31. The van der Waals surface area contributed by atoms with Crippen molar-refractivity contribution in [1.29, 1.82) is 0 Å². The summed E-state index contributed by atoms with van der Waals surface area (Å²) in [6, 6.07) is 5.83. The molecule has 0 saturated carbocycles. The first-order valence-corrected chi connectivity index (χ1v) is 7.50. The lowest BCUT2D eigenvalue weighted by atomic mass is 10.1. The van der Waals surface area contributed by atoms with E-state index in [0.717, 1.165) is 6.54 Å². The number of alkyl halides is 3. The van der Waals surface area contributed by atoms with Gasteiger partial charge in [-0.2, -0.15) is 13.2 Å². The standard InChI is InChI=1S/C14H17F3N2OS/c1-9-10(2)19(8-7-18-9)13(20)11-3-5-12(6-4-11)21-14(15,16)17/h3-6,9-10,18H,7-8H2,1-2H3. The monoisotopic (exact) mass is 318 g/mol. The van der Waals surface area contributed by atoms with Crippen molar-refractivity contribution in [1.82, 2.24) is 10.2 Å². The number of piperazine rings is 1. The van der Waals surface area contributed by atoms with Gasteiger partial charge in [0.05, 0.1) is 0 Å². The van der Waals surface area contributed by atoms with Crippen LogP contribution in [0, 0.1) is 0 Å². The Morgan fingerprint density at radius 2 is 1.90 bits per heavy atom. The number of carbonyl (C=O) groups is 1. The van der Waals surface area contributed by atoms with E-state index in [0.29, 0.717) is 12.1 Å². The average molecular weight is 318 g/mol. The van der Waals surface area contributed by atoms with Crippen LogP contribution in [0.25, 0.3) is 0 Å². The molecule has 0 bridgehead atoms. The Labute approximate surface area is 125 Å². The minimum atomic E-state index is -4.31. The van der Waals surface area contributed by atoms with Crippen molar-refractivity contribution in [2.75, 3.05) is 13.1 Å². The molecule has 1 aromatic rings. The fourth-order valence-corrected chi connectivity index (χ4v) is 2.85. The molecular formula is C14H17F3N2OS. The van der Waals surface area contributed by atoms with Crippen LogP contribution in [0.1, 0.15) is 24.2 Å². The molecule has 7 heteroatoms. The second-order valence-electron chi connectivity index (χ2n) is 5.05. The van der Waals surface area contributed by atoms with Gasteiger partial charge in [0.1, 0.15) is 0 Å². The Morgan fingerprint density at radius 3 is 2.48 bits per heavy atom. The topological polar surface area (TPSA) is 32.3 Å². The zero-order valence-electron chi connectivity index (χ0n) is 11.8. The predicted octanol–water partition coefficient (Wildman–Crippen LogP) is 3.12. The molecule has 2 rings (SSSR count). The van der Waals surface area contributed by atoms with E-state index in [1.165, 1.54) is 24.3 Å². The van der Waals surface area contributed by atoms with Crippen LogP contribution >= 0.6 is 11.8 Å². The first-order valence-electron chi connectivity index (χ1n) is 6.68. The van der Waals surface area contributed by atoms with Crippen LogP contribution in [-0.2, 0) is 0 Å². The number of benzene rings is 1. The maximum atomic E-state index is 12.4. The molecule has 1 heterocycles. The fraction of sp³-hybridized carbons (Fsp3) is 0.500. The molecule has 21 heavy (non-hydrogen) atoms. The van der Waals surface area contributed by atoms with Crippen LogP contribution in [0.2, 0.25) is 0 Å². The number of thioether (sulfide) groups is 1. The minimum Gasteiger partial charge on any atom is -0.333 e. The molecule has 0 radical (unpaired) electrons. The molecule has 0 aliphatic carbocycles. The molecular weight excluding hydrogens is 301 g/mol. The van der Waals surface area contributed by atoms with E-state index in [-0.39, 0.29) is 34.6 Å². The quantitative estimate of drug-likeness (QED) is 0.851. The predicted molar refractivity (Wildman–Crippen MR) is 76.3 cm³/mol. The number of amides is 1. The van der Waals surface area contributed by atoms with Gasteiger partial charge < -0.3 is 10.2 Å². The lowest BCUT2D eigenvalue weighted by molar-refractivity contribution is -0.0328. The first-order chi connectivity index (χ1) is 9.78. The van der Waals surface area contributed by atoms with Crippen molar-refractivity contribution in [2.24, 2.45) is 0 Å². The minimum absolute atomic E-state index is 0.0514. The highest BCUT2D eigenvalue weighted by atomic mass is 32.2. The molecule has 1 aromatic carbocycles. The molecule has 1 amide bonds. The highest BCUT2D eigenvalue weighted by Crippen LogP contribution is 2.36. The zero-order chi connectivity index (χ0) is 15.6. The van der Waals surface area contributed by atoms with Crippen LogP contribution < -0.4 is 5.32 Å². The third-order valence-electron chi connectivity index (χ3n) is 3.63. The van der Waals surface area contributed by atoms with E-state index in [1.54, 1.807) is 4.90 Å². The molecule has 2 unspecified atom stereocenters. The van der Waals surface area contributed by atoms with Crippen LogP contribution in [0.4, 0.5) is 13.2 Å². The van der Waals surface area contributed by atoms with Gasteiger partial charge in [-0.15, -0.1) is 0 Å². The molecule has 1 N–H and O–H groups in total. The largest absolute Gasteiger partial charge is 0.446 e. The lowest BCUT2D eigenvalue weighted by Crippen LogP contribution is -2.57. The van der Waals surface area contributed by atoms with Gasteiger partial charge in [0.25, 0.3) is 5.91 Å². The van der Waals surface area contributed by atoms with Gasteiger partial charge in [0, 0.05) is 35.6 Å². The van der Waals surface area contributed by atoms with E-state index in [4.69, 9.17) is 0 Å². The Kier molecular flexibility index (Phi) is 4.83. The summed E-state index contributed by atoms with van der Waals surface area (Å²) in [6.45, 7) is 5.29. The molecule has 0 spiro atoms. The Bertz CT molecular complexity index is 504. The van der Waals surface area contributed by atoms with Crippen molar-refractivity contribution in [3.8, 4) is 0 Å². The van der Waals surface area contributed by atoms with Crippen molar-refractivity contribution in [3.05, 3.63) is 29.8 Å². The lowest BCUT2D eigenvalue weighted by Gasteiger charge is -2.38. The summed E-state index contributed by atoms with van der Waals surface area (Å²) >= 11 is -0.177. The van der Waals surface area contributed by atoms with Gasteiger partial charge in [-0.25, -0.2) is 0 Å². The molecule has 2 atom stereocenters. The number of hydrogen-bond acceptors (Lipinski definition) is 3. The number of halogens is 3. The number of nitrogens with one attached hydrogen (secondary N) is 1. The number of rotatable bonds is 2. The van der Waals surface area contributed by atoms with Crippen molar-refractivity contribution in [2.45, 2.75) is 36.3 Å². The molecule has 1 aliphatic rings. The first kappa shape index (κ1) is 16.2. The Morgan fingerprint density at radius 1 is 1.29 bits per heavy atom. The highest BCUT2D eigenvalue weighted by Gasteiger charge is 2.30. The number of carbonyl (C=O) groups excluding carboxylic acids is 1. The van der Waals surface area contributed by atoms with Gasteiger partial charge in [-0.05, 0) is 49.9 Å². The highest BCUT2D eigenvalue weighted by molar-refractivity contribution is 8.00. The van der Waals surface area contributed by atoms with Crippen molar-refractivity contribution in [3.63, 3.8) is 0 Å². The Hall–Kier alpha value is -1.21. The summed E-state index contributed by atoms with van der Waals surface area (Å²) in [5.41, 5.74) is -3.89. The van der Waals surface area contributed by atoms with Crippen LogP contribution in [0.3, 0.4) is 0 Å². The zero-order valence-corrected chi connectivity index (χ0v) is 12.6. The number of hydrogen-bond donors (Lipinski definition) is 1. The molecule has 1 saturated heterocycles. The van der Waals surface area contributed by atoms with Crippen LogP contribution in [-0.4, -0.2) is 41.5 Å². The van der Waals surface area contributed by atoms with E-state index >= 15 is 0 Å². The summed E-state index contributed by atoms with van der Waals surface area (Å²) in [7, 11) is 0. The second-order valence-corrected chi connectivity index (χ2v) is 6.19. The molecule has 1 fully saturated rings. The third-order valence-corrected chi connectivity index (χ3v) is 4.37. The normalized spacial score (nSPS) is 23.2. The van der Waals surface area contributed by atoms with E-state index < -0.39 is 5.51 Å². The smallest absolute Gasteiger partial charge is 0.333 e. The van der Waals surface area contributed by atoms with Crippen molar-refractivity contribution >= 4 is 17.7 Å². The maximum Gasteiger partial charge on any atom is 0.446 e. The van der Waals surface area contributed by atoms with Gasteiger partial charge >= 0.3 is 5.51 Å². The van der Waals surface area contributed by atoms with Gasteiger partial charge in [-0.3, -0.25) is 4.79 Å². The average Bonchev–Trinajstić information content (AvgIpc) is 2.40. The molecule has 3 nitrogen and oxygen atoms in total. The Balaban J connectivity index is 2.09. The van der Waals surface area contributed by atoms with Gasteiger partial charge in [0.15, 0.2) is 0 Å². The van der Waals surface area contributed by atoms with E-state index in [2.05, 4.69) is 5.32 Å². The van der Waals surface area contributed by atoms with Gasteiger partial charge in [-0.1, -0.05) is 0 Å². The van der Waals surface area contributed by atoms with Crippen molar-refractivity contribution < 1.29 is 18.0 Å². The van der Waals surface area contributed by atoms with E-state index in [1.807, 2.05) is 13.8 Å². The molecule has 116 valence electrons.